The maximum atomic E-state index is 5.77. The van der Waals surface area contributed by atoms with Crippen LogP contribution in [0.2, 0.25) is 0 Å². The van der Waals surface area contributed by atoms with Crippen LogP contribution in [-0.2, 0) is 0 Å². The lowest BCUT2D eigenvalue weighted by Gasteiger charge is -2.14. The second-order valence-electron chi connectivity index (χ2n) is 4.94. The van der Waals surface area contributed by atoms with Crippen LogP contribution in [0.5, 0.6) is 5.88 Å². The molecule has 1 aliphatic carbocycles. The molecule has 0 saturated heterocycles. The van der Waals surface area contributed by atoms with Crippen LogP contribution in [0.4, 0.5) is 5.82 Å². The Morgan fingerprint density at radius 1 is 1.22 bits per heavy atom. The number of nitrogens with zero attached hydrogens (tertiary/aromatic N) is 2. The summed E-state index contributed by atoms with van der Waals surface area (Å²) in [5, 5.41) is 3.14. The van der Waals surface area contributed by atoms with Gasteiger partial charge in [0.05, 0.1) is 19.0 Å². The summed E-state index contributed by atoms with van der Waals surface area (Å²) in [7, 11) is 0. The van der Waals surface area contributed by atoms with Gasteiger partial charge in [-0.1, -0.05) is 25.7 Å². The average Bonchev–Trinajstić information content (AvgIpc) is 2.66. The number of nitrogens with one attached hydrogen (secondary N) is 1. The van der Waals surface area contributed by atoms with E-state index in [-0.39, 0.29) is 0 Å². The minimum Gasteiger partial charge on any atom is -0.476 e. The third-order valence-corrected chi connectivity index (χ3v) is 3.41. The van der Waals surface area contributed by atoms with Crippen LogP contribution in [0.1, 0.15) is 45.4 Å². The molecule has 2 rings (SSSR count). The van der Waals surface area contributed by atoms with Gasteiger partial charge in [0, 0.05) is 6.54 Å². The van der Waals surface area contributed by atoms with Crippen LogP contribution in [0.15, 0.2) is 12.4 Å². The molecule has 4 nitrogen and oxygen atoms in total. The van der Waals surface area contributed by atoms with Gasteiger partial charge in [-0.3, -0.25) is 4.98 Å². The first-order valence-electron chi connectivity index (χ1n) is 7.07. The fourth-order valence-corrected chi connectivity index (χ4v) is 2.42. The number of hydrogen-bond acceptors (Lipinski definition) is 4. The van der Waals surface area contributed by atoms with Gasteiger partial charge in [0.25, 0.3) is 0 Å². The molecule has 1 aromatic rings. The summed E-state index contributed by atoms with van der Waals surface area (Å²) >= 11 is 0. The topological polar surface area (TPSA) is 47.0 Å². The van der Waals surface area contributed by atoms with Crippen molar-refractivity contribution in [1.29, 1.82) is 0 Å². The Bertz CT molecular complexity index is 349. The van der Waals surface area contributed by atoms with Gasteiger partial charge in [-0.15, -0.1) is 0 Å². The molecular weight excluding hydrogens is 226 g/mol. The van der Waals surface area contributed by atoms with E-state index in [1.54, 1.807) is 12.4 Å². The van der Waals surface area contributed by atoms with Crippen LogP contribution in [0, 0.1) is 5.92 Å². The fourth-order valence-electron chi connectivity index (χ4n) is 2.42. The zero-order valence-electron chi connectivity index (χ0n) is 11.2. The predicted molar refractivity (Wildman–Crippen MR) is 72.9 cm³/mol. The first-order chi connectivity index (χ1) is 8.88. The van der Waals surface area contributed by atoms with E-state index in [0.29, 0.717) is 11.8 Å². The summed E-state index contributed by atoms with van der Waals surface area (Å²) in [5.41, 5.74) is 0. The van der Waals surface area contributed by atoms with E-state index in [1.807, 2.05) is 6.92 Å². The first kappa shape index (κ1) is 13.1. The summed E-state index contributed by atoms with van der Waals surface area (Å²) in [6.45, 7) is 3.67. The number of aromatic nitrogens is 2. The number of ether oxygens (including phenoxy) is 1. The fraction of sp³-hybridized carbons (Fsp3) is 0.714. The molecule has 1 aromatic heterocycles. The molecule has 0 unspecified atom stereocenters. The normalized spacial score (nSPS) is 17.2. The molecule has 0 amide bonds. The van der Waals surface area contributed by atoms with Gasteiger partial charge in [-0.25, -0.2) is 0 Å². The second kappa shape index (κ2) is 7.19. The molecule has 100 valence electrons. The van der Waals surface area contributed by atoms with Crippen molar-refractivity contribution in [3.05, 3.63) is 12.4 Å². The predicted octanol–water partition coefficient (Wildman–Crippen LogP) is 3.26. The molecule has 1 saturated carbocycles. The van der Waals surface area contributed by atoms with Gasteiger partial charge >= 0.3 is 0 Å². The molecule has 18 heavy (non-hydrogen) atoms. The largest absolute Gasteiger partial charge is 0.476 e. The van der Waals surface area contributed by atoms with E-state index in [0.717, 1.165) is 19.0 Å². The van der Waals surface area contributed by atoms with E-state index in [4.69, 9.17) is 4.74 Å². The Balaban J connectivity index is 1.83. The molecule has 0 spiro atoms. The molecule has 1 fully saturated rings. The van der Waals surface area contributed by atoms with Crippen molar-refractivity contribution in [2.75, 3.05) is 18.5 Å². The van der Waals surface area contributed by atoms with Crippen LogP contribution in [0.25, 0.3) is 0 Å². The minimum absolute atomic E-state index is 0.637. The van der Waals surface area contributed by atoms with Gasteiger partial charge in [0.2, 0.25) is 5.88 Å². The molecule has 0 radical (unpaired) electrons. The van der Waals surface area contributed by atoms with Crippen molar-refractivity contribution >= 4 is 5.82 Å². The van der Waals surface area contributed by atoms with Gasteiger partial charge in [0.1, 0.15) is 5.82 Å². The maximum absolute atomic E-state index is 5.77. The van der Waals surface area contributed by atoms with Crippen LogP contribution >= 0.6 is 0 Å². The van der Waals surface area contributed by atoms with Crippen molar-refractivity contribution in [3.8, 4) is 5.88 Å². The van der Waals surface area contributed by atoms with Crippen LogP contribution < -0.4 is 10.1 Å². The van der Waals surface area contributed by atoms with Crippen molar-refractivity contribution in [2.24, 2.45) is 5.92 Å². The van der Waals surface area contributed by atoms with Gasteiger partial charge in [-0.2, -0.15) is 4.98 Å². The van der Waals surface area contributed by atoms with Crippen molar-refractivity contribution in [3.63, 3.8) is 0 Å². The molecule has 0 bridgehead atoms. The number of anilines is 1. The summed E-state index contributed by atoms with van der Waals surface area (Å²) in [4.78, 5) is 8.51. The van der Waals surface area contributed by atoms with Crippen LogP contribution in [-0.4, -0.2) is 23.1 Å². The standard InChI is InChI=1S/C14H23N3O/c1-2-16-13-9-15-10-14(17-13)18-11-12-7-5-3-4-6-8-12/h9-10,12H,2-8,11H2,1H3,(H,16,17). The lowest BCUT2D eigenvalue weighted by atomic mass is 10.0. The lowest BCUT2D eigenvalue weighted by molar-refractivity contribution is 0.225. The maximum Gasteiger partial charge on any atom is 0.234 e. The molecule has 1 aliphatic rings. The van der Waals surface area contributed by atoms with E-state index >= 15 is 0 Å². The Morgan fingerprint density at radius 2 is 2.00 bits per heavy atom. The third-order valence-electron chi connectivity index (χ3n) is 3.41. The van der Waals surface area contributed by atoms with E-state index in [1.165, 1.54) is 38.5 Å². The highest BCUT2D eigenvalue weighted by Gasteiger charge is 2.13. The van der Waals surface area contributed by atoms with E-state index in [2.05, 4.69) is 15.3 Å². The molecule has 4 heteroatoms. The zero-order chi connectivity index (χ0) is 12.6. The summed E-state index contributed by atoms with van der Waals surface area (Å²) < 4.78 is 5.77. The summed E-state index contributed by atoms with van der Waals surface area (Å²) in [6, 6.07) is 0. The quantitative estimate of drug-likeness (QED) is 0.814. The monoisotopic (exact) mass is 249 g/mol. The van der Waals surface area contributed by atoms with Crippen molar-refractivity contribution in [2.45, 2.75) is 45.4 Å². The van der Waals surface area contributed by atoms with Gasteiger partial charge in [-0.05, 0) is 25.7 Å². The Hall–Kier alpha value is -1.32. The highest BCUT2D eigenvalue weighted by molar-refractivity contribution is 5.32. The number of hydrogen-bond donors (Lipinski definition) is 1. The van der Waals surface area contributed by atoms with Gasteiger partial charge in [0.15, 0.2) is 0 Å². The first-order valence-corrected chi connectivity index (χ1v) is 7.07. The van der Waals surface area contributed by atoms with Crippen molar-refractivity contribution < 1.29 is 4.74 Å². The van der Waals surface area contributed by atoms with Crippen LogP contribution in [0.3, 0.4) is 0 Å². The molecular formula is C14H23N3O. The molecule has 0 aliphatic heterocycles. The van der Waals surface area contributed by atoms with Gasteiger partial charge < -0.3 is 10.1 Å². The molecule has 0 aromatic carbocycles. The molecule has 1 heterocycles. The Labute approximate surface area is 109 Å². The Kier molecular flexibility index (Phi) is 5.24. The SMILES string of the molecule is CCNc1cncc(OCC2CCCCCC2)n1. The highest BCUT2D eigenvalue weighted by atomic mass is 16.5. The lowest BCUT2D eigenvalue weighted by Crippen LogP contribution is -2.12. The Morgan fingerprint density at radius 3 is 2.72 bits per heavy atom. The highest BCUT2D eigenvalue weighted by Crippen LogP contribution is 2.23. The minimum atomic E-state index is 0.637. The number of rotatable bonds is 5. The zero-order valence-corrected chi connectivity index (χ0v) is 11.2. The van der Waals surface area contributed by atoms with E-state index in [9.17, 15) is 0 Å². The van der Waals surface area contributed by atoms with Crippen molar-refractivity contribution in [1.82, 2.24) is 9.97 Å². The third kappa shape index (κ3) is 4.17. The summed E-state index contributed by atoms with van der Waals surface area (Å²) in [5.74, 6) is 2.12. The average molecular weight is 249 g/mol. The molecule has 0 atom stereocenters. The smallest absolute Gasteiger partial charge is 0.234 e. The molecule has 1 N–H and O–H groups in total. The summed E-state index contributed by atoms with van der Waals surface area (Å²) in [6.07, 6.45) is 11.5. The van der Waals surface area contributed by atoms with E-state index < -0.39 is 0 Å². The second-order valence-corrected chi connectivity index (χ2v) is 4.94.